The zero-order valence-corrected chi connectivity index (χ0v) is 22.3. The molecule has 1 unspecified atom stereocenters. The minimum Gasteiger partial charge on any atom is -0.464 e. The van der Waals surface area contributed by atoms with E-state index in [4.69, 9.17) is 28.6 Å². The molecule has 40 heavy (non-hydrogen) atoms. The first-order valence-corrected chi connectivity index (χ1v) is 13.3. The number of carbonyl (C=O) groups excluding carboxylic acids is 7. The number of carbonyl (C=O) groups is 7. The average molecular weight is 571 g/mol. The van der Waals surface area contributed by atoms with Crippen molar-refractivity contribution in [3.63, 3.8) is 0 Å². The van der Waals surface area contributed by atoms with E-state index in [0.29, 0.717) is 36.0 Å². The van der Waals surface area contributed by atoms with Gasteiger partial charge in [0.25, 0.3) is 23.6 Å². The largest absolute Gasteiger partial charge is 0.533 e. The van der Waals surface area contributed by atoms with Gasteiger partial charge in [-0.15, -0.1) is 0 Å². The Morgan fingerprint density at radius 1 is 0.675 bits per heavy atom. The Kier molecular flexibility index (Phi) is 11.7. The van der Waals surface area contributed by atoms with Crippen LogP contribution in [0, 0.1) is 17.8 Å². The van der Waals surface area contributed by atoms with Gasteiger partial charge in [0.15, 0.2) is 0 Å². The molecular weight excluding hydrogens is 536 g/mol. The first kappa shape index (κ1) is 30.8. The smallest absolute Gasteiger partial charge is 0.464 e. The van der Waals surface area contributed by atoms with Crippen LogP contribution in [0.1, 0.15) is 64.7 Å². The molecule has 3 atom stereocenters. The molecule has 0 N–H and O–H groups in total. The highest BCUT2D eigenvalue weighted by Crippen LogP contribution is 2.34. The number of ether oxygens (including phenoxy) is 4. The van der Waals surface area contributed by atoms with E-state index in [1.54, 1.807) is 0 Å². The van der Waals surface area contributed by atoms with Crippen LogP contribution in [0.15, 0.2) is 0 Å². The normalized spacial score (nSPS) is 22.9. The summed E-state index contributed by atoms with van der Waals surface area (Å²) in [5.74, 6) is -3.58. The minimum absolute atomic E-state index is 0.0488. The van der Waals surface area contributed by atoms with Crippen LogP contribution in [0.5, 0.6) is 0 Å². The predicted molar refractivity (Wildman–Crippen MR) is 128 cm³/mol. The Morgan fingerprint density at radius 3 is 1.52 bits per heavy atom. The van der Waals surface area contributed by atoms with Gasteiger partial charge in [-0.3, -0.25) is 28.9 Å². The lowest BCUT2D eigenvalue weighted by Gasteiger charge is -2.34. The average Bonchev–Trinajstić information content (AvgIpc) is 3.41. The summed E-state index contributed by atoms with van der Waals surface area (Å²) in [6, 6.07) is 0. The maximum absolute atomic E-state index is 12.1. The van der Waals surface area contributed by atoms with Crippen LogP contribution in [0.3, 0.4) is 0 Å². The molecule has 3 aliphatic rings. The van der Waals surface area contributed by atoms with Crippen molar-refractivity contribution in [2.24, 2.45) is 17.8 Å². The Morgan fingerprint density at radius 2 is 1.10 bits per heavy atom. The Balaban J connectivity index is 1.49. The van der Waals surface area contributed by atoms with Crippen LogP contribution in [0.25, 0.3) is 0 Å². The molecular formula is C25H34N2O13. The highest BCUT2D eigenvalue weighted by atomic mass is 16.8. The minimum atomic E-state index is -1.20. The summed E-state index contributed by atoms with van der Waals surface area (Å²) in [6.07, 6.45) is 0.580. The van der Waals surface area contributed by atoms with Gasteiger partial charge in [0.1, 0.15) is 6.61 Å². The van der Waals surface area contributed by atoms with Gasteiger partial charge >= 0.3 is 18.3 Å². The van der Waals surface area contributed by atoms with Crippen LogP contribution in [-0.2, 0) is 52.6 Å². The van der Waals surface area contributed by atoms with Crippen molar-refractivity contribution in [3.8, 4) is 0 Å². The summed E-state index contributed by atoms with van der Waals surface area (Å²) in [5, 5.41) is 0.773. The van der Waals surface area contributed by atoms with Gasteiger partial charge in [-0.1, -0.05) is 23.5 Å². The number of hydrogen-bond acceptors (Lipinski definition) is 13. The predicted octanol–water partition coefficient (Wildman–Crippen LogP) is 1.81. The van der Waals surface area contributed by atoms with E-state index < -0.39 is 41.9 Å². The monoisotopic (exact) mass is 570 g/mol. The Labute approximate surface area is 230 Å². The molecule has 2 aliphatic heterocycles. The Hall–Kier alpha value is -3.75. The third-order valence-electron chi connectivity index (χ3n) is 6.55. The van der Waals surface area contributed by atoms with Crippen molar-refractivity contribution in [1.29, 1.82) is 0 Å². The fourth-order valence-corrected chi connectivity index (χ4v) is 4.68. The third-order valence-corrected chi connectivity index (χ3v) is 6.55. The zero-order valence-electron chi connectivity index (χ0n) is 22.3. The summed E-state index contributed by atoms with van der Waals surface area (Å²) in [5.41, 5.74) is 0. The molecule has 15 nitrogen and oxygen atoms in total. The van der Waals surface area contributed by atoms with Crippen molar-refractivity contribution in [3.05, 3.63) is 0 Å². The van der Waals surface area contributed by atoms with Crippen molar-refractivity contribution < 1.29 is 62.2 Å². The van der Waals surface area contributed by atoms with Gasteiger partial charge < -0.3 is 18.9 Å². The van der Waals surface area contributed by atoms with Crippen LogP contribution in [0.2, 0.25) is 0 Å². The van der Waals surface area contributed by atoms with Gasteiger partial charge in [-0.25, -0.2) is 14.4 Å². The molecule has 3 rings (SSSR count). The van der Waals surface area contributed by atoms with Gasteiger partial charge in [0.2, 0.25) is 0 Å². The lowest BCUT2D eigenvalue weighted by Crippen LogP contribution is -2.35. The maximum Gasteiger partial charge on any atom is 0.533 e. The topological polar surface area (TPSA) is 181 Å². The van der Waals surface area contributed by atoms with Crippen LogP contribution < -0.4 is 0 Å². The second-order valence-electron chi connectivity index (χ2n) is 9.86. The molecule has 0 radical (unpaired) electrons. The van der Waals surface area contributed by atoms with Crippen molar-refractivity contribution in [2.45, 2.75) is 64.7 Å². The van der Waals surface area contributed by atoms with E-state index in [9.17, 15) is 33.6 Å². The van der Waals surface area contributed by atoms with Gasteiger partial charge in [0.05, 0.1) is 26.4 Å². The fraction of sp³-hybridized carbons (Fsp3) is 0.720. The highest BCUT2D eigenvalue weighted by molar-refractivity contribution is 6.02. The Bertz CT molecular complexity index is 890. The zero-order chi connectivity index (χ0) is 29.1. The first-order chi connectivity index (χ1) is 19.2. The van der Waals surface area contributed by atoms with Crippen molar-refractivity contribution >= 4 is 41.9 Å². The van der Waals surface area contributed by atoms with Gasteiger partial charge in [0, 0.05) is 25.7 Å². The van der Waals surface area contributed by atoms with Gasteiger partial charge in [-0.05, 0) is 43.4 Å². The molecule has 3 fully saturated rings. The summed E-state index contributed by atoms with van der Waals surface area (Å²) < 4.78 is 20.9. The number of esters is 1. The van der Waals surface area contributed by atoms with Crippen molar-refractivity contribution in [1.82, 2.24) is 10.1 Å². The van der Waals surface area contributed by atoms with Crippen LogP contribution in [-0.4, -0.2) is 85.1 Å². The molecule has 2 saturated heterocycles. The summed E-state index contributed by atoms with van der Waals surface area (Å²) in [7, 11) is 0. The van der Waals surface area contributed by atoms with Gasteiger partial charge in [-0.2, -0.15) is 0 Å². The second kappa shape index (κ2) is 15.1. The molecule has 0 bridgehead atoms. The molecule has 0 aromatic heterocycles. The fourth-order valence-electron chi connectivity index (χ4n) is 4.68. The SMILES string of the molecule is CCCCOC(=O)COCC1C[C@@H](COC(=O)ON2C(=O)CCC2=O)C[C@@H](COC(=O)ON2C(=O)CCC2=O)C1. The van der Waals surface area contributed by atoms with Crippen LogP contribution in [0.4, 0.5) is 9.59 Å². The third kappa shape index (κ3) is 9.47. The molecule has 4 amide bonds. The number of hydrogen-bond donors (Lipinski definition) is 0. The lowest BCUT2D eigenvalue weighted by molar-refractivity contribution is -0.177. The number of nitrogens with zero attached hydrogens (tertiary/aromatic N) is 2. The number of amides is 4. The number of rotatable bonds is 13. The highest BCUT2D eigenvalue weighted by Gasteiger charge is 2.36. The molecule has 15 heteroatoms. The molecule has 0 aromatic carbocycles. The van der Waals surface area contributed by atoms with E-state index in [0.717, 1.165) is 12.8 Å². The lowest BCUT2D eigenvalue weighted by atomic mass is 9.76. The van der Waals surface area contributed by atoms with Crippen molar-refractivity contribution in [2.75, 3.05) is 33.0 Å². The molecule has 2 heterocycles. The molecule has 1 aliphatic carbocycles. The summed E-state index contributed by atoms with van der Waals surface area (Å²) in [4.78, 5) is 92.0. The number of unbranched alkanes of at least 4 members (excludes halogenated alkanes) is 1. The second-order valence-corrected chi connectivity index (χ2v) is 9.86. The molecule has 0 spiro atoms. The standard InChI is InChI=1S/C25H34N2O13/c1-2-3-8-36-23(32)15-35-12-16-9-17(13-37-24(33)39-26-19(28)4-5-20(26)29)11-18(10-16)14-38-25(34)40-27-21(30)6-7-22(27)31/h16-18H,2-15H2,1H3/t16?,17-,18+. The maximum atomic E-state index is 12.1. The quantitative estimate of drug-likeness (QED) is 0.135. The first-order valence-electron chi connectivity index (χ1n) is 13.3. The van der Waals surface area contributed by atoms with E-state index in [-0.39, 0.29) is 69.9 Å². The molecule has 222 valence electrons. The molecule has 1 saturated carbocycles. The van der Waals surface area contributed by atoms with Crippen LogP contribution >= 0.6 is 0 Å². The van der Waals surface area contributed by atoms with E-state index in [1.165, 1.54) is 0 Å². The summed E-state index contributed by atoms with van der Waals surface area (Å²) >= 11 is 0. The number of hydroxylamine groups is 4. The summed E-state index contributed by atoms with van der Waals surface area (Å²) in [6.45, 7) is 2.04. The van der Waals surface area contributed by atoms with E-state index in [2.05, 4.69) is 0 Å². The van der Waals surface area contributed by atoms with E-state index in [1.807, 2.05) is 6.92 Å². The van der Waals surface area contributed by atoms with E-state index >= 15 is 0 Å². The molecule has 0 aromatic rings. The number of imide groups is 2.